The molecule has 0 radical (unpaired) electrons. The number of aromatic nitrogens is 1. The average molecular weight is 378 g/mol. The van der Waals surface area contributed by atoms with Gasteiger partial charge in [-0.3, -0.25) is 14.7 Å². The van der Waals surface area contributed by atoms with Crippen LogP contribution in [0.15, 0.2) is 42.6 Å². The molecule has 6 nitrogen and oxygen atoms in total. The van der Waals surface area contributed by atoms with Gasteiger partial charge in [-0.2, -0.15) is 5.26 Å². The monoisotopic (exact) mass is 378 g/mol. The second-order valence-corrected chi connectivity index (χ2v) is 6.86. The van der Waals surface area contributed by atoms with Gasteiger partial charge in [0.05, 0.1) is 24.5 Å². The number of benzene rings is 1. The van der Waals surface area contributed by atoms with E-state index in [1.54, 1.807) is 30.5 Å². The first-order valence-electron chi connectivity index (χ1n) is 9.82. The Morgan fingerprint density at radius 1 is 1.18 bits per heavy atom. The Balaban J connectivity index is 1.45. The third-order valence-corrected chi connectivity index (χ3v) is 4.87. The van der Waals surface area contributed by atoms with Crippen LogP contribution in [0.4, 0.5) is 0 Å². The van der Waals surface area contributed by atoms with Gasteiger partial charge in [-0.1, -0.05) is 18.6 Å². The normalized spacial score (nSPS) is 14.4. The van der Waals surface area contributed by atoms with Gasteiger partial charge in [0, 0.05) is 37.0 Å². The number of carbonyl (C=O) groups excluding carboxylic acids is 1. The number of amides is 1. The van der Waals surface area contributed by atoms with E-state index in [-0.39, 0.29) is 5.91 Å². The van der Waals surface area contributed by atoms with Crippen molar-refractivity contribution in [3.05, 3.63) is 53.7 Å². The highest BCUT2D eigenvalue weighted by Gasteiger charge is 2.11. The Morgan fingerprint density at radius 2 is 2.04 bits per heavy atom. The van der Waals surface area contributed by atoms with Crippen molar-refractivity contribution in [1.29, 1.82) is 5.26 Å². The number of hydrogen-bond acceptors (Lipinski definition) is 5. The van der Waals surface area contributed by atoms with Crippen LogP contribution < -0.4 is 5.32 Å². The van der Waals surface area contributed by atoms with Crippen molar-refractivity contribution in [2.45, 2.75) is 19.3 Å². The number of hydrogen-bond donors (Lipinski definition) is 1. The Kier molecular flexibility index (Phi) is 7.53. The van der Waals surface area contributed by atoms with Crippen molar-refractivity contribution in [2.24, 2.45) is 0 Å². The number of nitrogens with one attached hydrogen (secondary N) is 1. The van der Waals surface area contributed by atoms with Crippen molar-refractivity contribution in [1.82, 2.24) is 15.2 Å². The Labute approximate surface area is 166 Å². The first-order valence-corrected chi connectivity index (χ1v) is 9.82. The van der Waals surface area contributed by atoms with Gasteiger partial charge in [-0.15, -0.1) is 0 Å². The van der Waals surface area contributed by atoms with E-state index in [1.807, 2.05) is 12.1 Å². The molecule has 146 valence electrons. The molecule has 1 amide bonds. The van der Waals surface area contributed by atoms with Gasteiger partial charge in [0.2, 0.25) is 0 Å². The predicted molar refractivity (Wildman–Crippen MR) is 108 cm³/mol. The lowest BCUT2D eigenvalue weighted by atomic mass is 10.0. The van der Waals surface area contributed by atoms with E-state index in [1.165, 1.54) is 0 Å². The lowest BCUT2D eigenvalue weighted by Gasteiger charge is -2.26. The zero-order valence-corrected chi connectivity index (χ0v) is 16.1. The third kappa shape index (κ3) is 5.62. The van der Waals surface area contributed by atoms with E-state index in [0.717, 1.165) is 57.7 Å². The van der Waals surface area contributed by atoms with Crippen LogP contribution in [-0.2, 0) is 4.74 Å². The summed E-state index contributed by atoms with van der Waals surface area (Å²) in [5, 5.41) is 12.2. The molecule has 0 atom stereocenters. The summed E-state index contributed by atoms with van der Waals surface area (Å²) in [4.78, 5) is 19.2. The molecular formula is C22H26N4O2. The van der Waals surface area contributed by atoms with E-state index in [9.17, 15) is 10.1 Å². The summed E-state index contributed by atoms with van der Waals surface area (Å²) in [5.41, 5.74) is 2.46. The van der Waals surface area contributed by atoms with E-state index in [2.05, 4.69) is 21.3 Å². The van der Waals surface area contributed by atoms with E-state index in [4.69, 9.17) is 4.74 Å². The third-order valence-electron chi connectivity index (χ3n) is 4.87. The highest BCUT2D eigenvalue weighted by molar-refractivity contribution is 5.95. The fourth-order valence-corrected chi connectivity index (χ4v) is 3.30. The molecule has 3 rings (SSSR count). The molecule has 0 saturated carbocycles. The van der Waals surface area contributed by atoms with Crippen molar-refractivity contribution in [3.8, 4) is 17.3 Å². The van der Waals surface area contributed by atoms with Crippen LogP contribution in [0.2, 0.25) is 0 Å². The molecule has 1 aromatic heterocycles. The van der Waals surface area contributed by atoms with Crippen molar-refractivity contribution in [3.63, 3.8) is 0 Å². The number of rotatable bonds is 8. The molecule has 2 aromatic rings. The average Bonchev–Trinajstić information content (AvgIpc) is 2.76. The minimum atomic E-state index is -0.0931. The smallest absolute Gasteiger partial charge is 0.251 e. The van der Waals surface area contributed by atoms with Gasteiger partial charge in [0.15, 0.2) is 0 Å². The molecule has 1 aliphatic rings. The summed E-state index contributed by atoms with van der Waals surface area (Å²) in [6.07, 6.45) is 4.85. The SMILES string of the molecule is N#Cc1cccnc1-c1cccc(C(=O)NCCCCCN2CCOCC2)c1. The van der Waals surface area contributed by atoms with E-state index < -0.39 is 0 Å². The second-order valence-electron chi connectivity index (χ2n) is 6.86. The number of ether oxygens (including phenoxy) is 1. The zero-order valence-electron chi connectivity index (χ0n) is 16.1. The molecule has 1 aliphatic heterocycles. The summed E-state index contributed by atoms with van der Waals surface area (Å²) in [6, 6.07) is 12.9. The van der Waals surface area contributed by atoms with Crippen molar-refractivity contribution < 1.29 is 9.53 Å². The molecule has 0 unspecified atom stereocenters. The molecule has 1 saturated heterocycles. The molecule has 0 aliphatic carbocycles. The summed E-state index contributed by atoms with van der Waals surface area (Å²) in [5.74, 6) is -0.0931. The molecule has 1 aromatic carbocycles. The van der Waals surface area contributed by atoms with Crippen LogP contribution in [-0.4, -0.2) is 55.2 Å². The molecule has 6 heteroatoms. The highest BCUT2D eigenvalue weighted by Crippen LogP contribution is 2.21. The maximum absolute atomic E-state index is 12.4. The van der Waals surface area contributed by atoms with Gasteiger partial charge >= 0.3 is 0 Å². The zero-order chi connectivity index (χ0) is 19.6. The topological polar surface area (TPSA) is 78.2 Å². The molecular weight excluding hydrogens is 352 g/mol. The predicted octanol–water partition coefficient (Wildman–Crippen LogP) is 2.85. The van der Waals surface area contributed by atoms with Crippen LogP contribution in [0.5, 0.6) is 0 Å². The minimum absolute atomic E-state index is 0.0931. The van der Waals surface area contributed by atoms with Crippen LogP contribution in [0, 0.1) is 11.3 Å². The van der Waals surface area contributed by atoms with Gasteiger partial charge in [-0.25, -0.2) is 0 Å². The summed E-state index contributed by atoms with van der Waals surface area (Å²) in [7, 11) is 0. The summed E-state index contributed by atoms with van der Waals surface area (Å²) < 4.78 is 5.35. The van der Waals surface area contributed by atoms with Crippen LogP contribution in [0.1, 0.15) is 35.2 Å². The number of carbonyl (C=O) groups is 1. The minimum Gasteiger partial charge on any atom is -0.379 e. The van der Waals surface area contributed by atoms with Gasteiger partial charge in [-0.05, 0) is 43.7 Å². The molecule has 2 heterocycles. The first kappa shape index (κ1) is 20.0. The highest BCUT2D eigenvalue weighted by atomic mass is 16.5. The molecule has 1 fully saturated rings. The van der Waals surface area contributed by atoms with Crippen LogP contribution in [0.25, 0.3) is 11.3 Å². The molecule has 0 bridgehead atoms. The van der Waals surface area contributed by atoms with E-state index in [0.29, 0.717) is 23.4 Å². The number of pyridine rings is 1. The lowest BCUT2D eigenvalue weighted by molar-refractivity contribution is 0.0371. The van der Waals surface area contributed by atoms with Gasteiger partial charge < -0.3 is 10.1 Å². The molecule has 1 N–H and O–H groups in total. The standard InChI is InChI=1S/C22H26N4O2/c23-17-20-8-5-10-24-21(20)18-6-4-7-19(16-18)22(27)25-9-2-1-3-11-26-12-14-28-15-13-26/h4-8,10,16H,1-3,9,11-15H2,(H,25,27). The maximum Gasteiger partial charge on any atom is 0.251 e. The quantitative estimate of drug-likeness (QED) is 0.715. The largest absolute Gasteiger partial charge is 0.379 e. The van der Waals surface area contributed by atoms with Gasteiger partial charge in [0.1, 0.15) is 6.07 Å². The van der Waals surface area contributed by atoms with Gasteiger partial charge in [0.25, 0.3) is 5.91 Å². The fourth-order valence-electron chi connectivity index (χ4n) is 3.30. The fraction of sp³-hybridized carbons (Fsp3) is 0.409. The lowest BCUT2D eigenvalue weighted by Crippen LogP contribution is -2.36. The Hall–Kier alpha value is -2.75. The first-order chi connectivity index (χ1) is 13.8. The number of unbranched alkanes of at least 4 members (excludes halogenated alkanes) is 2. The van der Waals surface area contributed by atoms with Crippen LogP contribution in [0.3, 0.4) is 0 Å². The second kappa shape index (κ2) is 10.5. The molecule has 0 spiro atoms. The summed E-state index contributed by atoms with van der Waals surface area (Å²) in [6.45, 7) is 5.49. The maximum atomic E-state index is 12.4. The van der Waals surface area contributed by atoms with E-state index >= 15 is 0 Å². The number of nitriles is 1. The number of nitrogens with zero attached hydrogens (tertiary/aromatic N) is 3. The van der Waals surface area contributed by atoms with Crippen molar-refractivity contribution in [2.75, 3.05) is 39.4 Å². The number of morpholine rings is 1. The van der Waals surface area contributed by atoms with Crippen molar-refractivity contribution >= 4 is 5.91 Å². The van der Waals surface area contributed by atoms with Crippen LogP contribution >= 0.6 is 0 Å². The Morgan fingerprint density at radius 3 is 2.86 bits per heavy atom. The Bertz CT molecular complexity index is 825. The molecule has 28 heavy (non-hydrogen) atoms. The summed E-state index contributed by atoms with van der Waals surface area (Å²) >= 11 is 0.